The van der Waals surface area contributed by atoms with Gasteiger partial charge in [0.1, 0.15) is 6.33 Å². The number of aromatic nitrogens is 7. The molecule has 3 aromatic heterocycles. The van der Waals surface area contributed by atoms with Gasteiger partial charge in [-0.2, -0.15) is 4.68 Å². The molecule has 1 aromatic carbocycles. The van der Waals surface area contributed by atoms with Gasteiger partial charge in [-0.15, -0.1) is 5.10 Å². The van der Waals surface area contributed by atoms with Crippen LogP contribution < -0.4 is 0 Å². The van der Waals surface area contributed by atoms with E-state index >= 15 is 0 Å². The van der Waals surface area contributed by atoms with Gasteiger partial charge in [0.15, 0.2) is 11.5 Å². The maximum atomic E-state index is 10.6. The maximum absolute atomic E-state index is 10.6. The minimum absolute atomic E-state index is 0.406. The molecule has 0 aliphatic rings. The summed E-state index contributed by atoms with van der Waals surface area (Å²) < 4.78 is 3.03. The number of aryl methyl sites for hydroxylation is 2. The average Bonchev–Trinajstić information content (AvgIpc) is 3.19. The van der Waals surface area contributed by atoms with Crippen LogP contribution in [0.25, 0.3) is 16.6 Å². The molecule has 0 saturated heterocycles. The lowest BCUT2D eigenvalue weighted by Gasteiger charge is -1.96. The third-order valence-electron chi connectivity index (χ3n) is 3.38. The van der Waals surface area contributed by atoms with E-state index in [0.717, 1.165) is 16.6 Å². The predicted octanol–water partition coefficient (Wildman–Crippen LogP) is 1.02. The molecule has 0 fully saturated rings. The molecule has 0 amide bonds. The zero-order chi connectivity index (χ0) is 15.8. The summed E-state index contributed by atoms with van der Waals surface area (Å²) in [5, 5.41) is 19.6. The third kappa shape index (κ3) is 2.35. The normalized spacial score (nSPS) is 11.3. The Bertz CT molecular complexity index is 1020. The van der Waals surface area contributed by atoms with Gasteiger partial charge >= 0.3 is 5.95 Å². The van der Waals surface area contributed by atoms with E-state index < -0.39 is 10.9 Å². The highest BCUT2D eigenvalue weighted by atomic mass is 16.6. The Balaban J connectivity index is 1.61. The Labute approximate surface area is 128 Å². The molecule has 4 rings (SSSR count). The molecule has 10 nitrogen and oxygen atoms in total. The van der Waals surface area contributed by atoms with Crippen molar-refractivity contribution in [3.8, 4) is 0 Å². The average molecular weight is 310 g/mol. The molecule has 23 heavy (non-hydrogen) atoms. The Hall–Kier alpha value is -3.43. The Kier molecular flexibility index (Phi) is 2.93. The van der Waals surface area contributed by atoms with E-state index in [0.29, 0.717) is 18.8 Å². The van der Waals surface area contributed by atoms with E-state index in [9.17, 15) is 10.1 Å². The summed E-state index contributed by atoms with van der Waals surface area (Å²) in [6.45, 7) is 0.406. The Morgan fingerprint density at radius 2 is 2.00 bits per heavy atom. The van der Waals surface area contributed by atoms with E-state index in [4.69, 9.17) is 0 Å². The van der Waals surface area contributed by atoms with Crippen molar-refractivity contribution in [2.45, 2.75) is 13.0 Å². The van der Waals surface area contributed by atoms with E-state index in [1.807, 2.05) is 24.3 Å². The molecule has 3 heterocycles. The largest absolute Gasteiger partial charge is 0.490 e. The van der Waals surface area contributed by atoms with Crippen LogP contribution in [0.4, 0.5) is 5.95 Å². The second-order valence-electron chi connectivity index (χ2n) is 4.87. The van der Waals surface area contributed by atoms with Crippen LogP contribution >= 0.6 is 0 Å². The highest BCUT2D eigenvalue weighted by Gasteiger charge is 2.14. The number of para-hydroxylation sites is 1. The van der Waals surface area contributed by atoms with Crippen molar-refractivity contribution >= 4 is 22.5 Å². The molecule has 10 heteroatoms. The Morgan fingerprint density at radius 1 is 1.13 bits per heavy atom. The van der Waals surface area contributed by atoms with Crippen LogP contribution in [-0.2, 0) is 13.0 Å². The van der Waals surface area contributed by atoms with Crippen molar-refractivity contribution < 1.29 is 4.92 Å². The first-order valence-corrected chi connectivity index (χ1v) is 6.83. The lowest BCUT2D eigenvalue weighted by molar-refractivity contribution is -0.394. The van der Waals surface area contributed by atoms with Crippen molar-refractivity contribution in [2.75, 3.05) is 0 Å². The van der Waals surface area contributed by atoms with Gasteiger partial charge < -0.3 is 10.1 Å². The van der Waals surface area contributed by atoms with Gasteiger partial charge in [-0.05, 0) is 17.1 Å². The summed E-state index contributed by atoms with van der Waals surface area (Å²) in [6, 6.07) is 7.70. The summed E-state index contributed by atoms with van der Waals surface area (Å²) in [4.78, 5) is 22.4. The molecule has 114 valence electrons. The van der Waals surface area contributed by atoms with Crippen molar-refractivity contribution in [3.63, 3.8) is 0 Å². The first-order valence-electron chi connectivity index (χ1n) is 6.83. The van der Waals surface area contributed by atoms with Crippen molar-refractivity contribution in [1.29, 1.82) is 0 Å². The van der Waals surface area contributed by atoms with E-state index in [1.54, 1.807) is 10.8 Å². The minimum atomic E-state index is -0.628. The second-order valence-corrected chi connectivity index (χ2v) is 4.87. The van der Waals surface area contributed by atoms with Gasteiger partial charge in [-0.3, -0.25) is 0 Å². The highest BCUT2D eigenvalue weighted by Crippen LogP contribution is 2.16. The molecule has 0 aliphatic carbocycles. The summed E-state index contributed by atoms with van der Waals surface area (Å²) in [6.07, 6.45) is 3.43. The number of nitrogens with zero attached hydrogens (tertiary/aromatic N) is 8. The zero-order valence-corrected chi connectivity index (χ0v) is 11.8. The van der Waals surface area contributed by atoms with Gasteiger partial charge in [0.25, 0.3) is 0 Å². The SMILES string of the molecule is O=[N+]([O-])c1ncn(CCc2nc3c4ccccc4ncn3n2)n1. The molecule has 0 saturated carbocycles. The first kappa shape index (κ1) is 13.2. The molecule has 0 unspecified atom stereocenters. The van der Waals surface area contributed by atoms with Gasteiger partial charge in [-0.1, -0.05) is 17.1 Å². The number of hydrogen-bond donors (Lipinski definition) is 0. The van der Waals surface area contributed by atoms with E-state index in [2.05, 4.69) is 25.1 Å². The quantitative estimate of drug-likeness (QED) is 0.408. The molecule has 4 aromatic rings. The van der Waals surface area contributed by atoms with E-state index in [-0.39, 0.29) is 0 Å². The summed E-state index contributed by atoms with van der Waals surface area (Å²) >= 11 is 0. The fourth-order valence-corrected chi connectivity index (χ4v) is 2.32. The van der Waals surface area contributed by atoms with Crippen molar-refractivity contribution in [3.05, 3.63) is 52.9 Å². The van der Waals surface area contributed by atoms with Gasteiger partial charge in [-0.25, -0.2) is 14.5 Å². The number of hydrogen-bond acceptors (Lipinski definition) is 7. The van der Waals surface area contributed by atoms with Gasteiger partial charge in [0.05, 0.1) is 12.1 Å². The highest BCUT2D eigenvalue weighted by molar-refractivity contribution is 5.90. The molecule has 0 aliphatic heterocycles. The number of benzene rings is 1. The first-order chi connectivity index (χ1) is 11.2. The van der Waals surface area contributed by atoms with Crippen LogP contribution in [0, 0.1) is 10.1 Å². The fraction of sp³-hybridized carbons (Fsp3) is 0.154. The lowest BCUT2D eigenvalue weighted by Crippen LogP contribution is -2.04. The molecule has 0 bridgehead atoms. The molecule has 0 spiro atoms. The van der Waals surface area contributed by atoms with Crippen LogP contribution in [0.1, 0.15) is 5.82 Å². The summed E-state index contributed by atoms with van der Waals surface area (Å²) in [5.41, 5.74) is 1.58. The predicted molar refractivity (Wildman–Crippen MR) is 78.7 cm³/mol. The zero-order valence-electron chi connectivity index (χ0n) is 11.8. The van der Waals surface area contributed by atoms with Crippen LogP contribution in [0.5, 0.6) is 0 Å². The molecule has 0 N–H and O–H groups in total. The number of fused-ring (bicyclic) bond motifs is 3. The third-order valence-corrected chi connectivity index (χ3v) is 3.38. The topological polar surface area (TPSA) is 117 Å². The van der Waals surface area contributed by atoms with Crippen molar-refractivity contribution in [1.82, 2.24) is 34.3 Å². The standard InChI is InChI=1S/C13H10N8O2/c22-21(23)13-15-7-19(18-13)6-5-11-16-12-9-3-1-2-4-10(9)14-8-20(12)17-11/h1-4,7-8H,5-6H2. The molecule has 0 radical (unpaired) electrons. The van der Waals surface area contributed by atoms with Crippen LogP contribution in [-0.4, -0.2) is 39.3 Å². The van der Waals surface area contributed by atoms with Crippen LogP contribution in [0.15, 0.2) is 36.9 Å². The maximum Gasteiger partial charge on any atom is 0.490 e. The smallest absolute Gasteiger partial charge is 0.390 e. The number of rotatable bonds is 4. The summed E-state index contributed by atoms with van der Waals surface area (Å²) in [7, 11) is 0. The van der Waals surface area contributed by atoms with Crippen LogP contribution in [0.3, 0.4) is 0 Å². The molecule has 0 atom stereocenters. The van der Waals surface area contributed by atoms with Gasteiger partial charge in [0, 0.05) is 16.9 Å². The fourth-order valence-electron chi connectivity index (χ4n) is 2.32. The lowest BCUT2D eigenvalue weighted by atomic mass is 10.2. The molecular formula is C13H10N8O2. The van der Waals surface area contributed by atoms with Crippen molar-refractivity contribution in [2.24, 2.45) is 0 Å². The van der Waals surface area contributed by atoms with E-state index in [1.165, 1.54) is 11.0 Å². The second kappa shape index (κ2) is 5.09. The minimum Gasteiger partial charge on any atom is -0.390 e. The Morgan fingerprint density at radius 3 is 2.83 bits per heavy atom. The number of nitro groups is 1. The van der Waals surface area contributed by atoms with Gasteiger partial charge in [0.2, 0.25) is 6.33 Å². The monoisotopic (exact) mass is 310 g/mol. The summed E-state index contributed by atoms with van der Waals surface area (Å²) in [5.74, 6) is 0.199. The molecular weight excluding hydrogens is 300 g/mol. The van der Waals surface area contributed by atoms with Crippen LogP contribution in [0.2, 0.25) is 0 Å².